The van der Waals surface area contributed by atoms with Crippen LogP contribution < -0.4 is 14.8 Å². The molecule has 0 atom stereocenters. The fourth-order valence-corrected chi connectivity index (χ4v) is 2.52. The molecule has 0 saturated heterocycles. The summed E-state index contributed by atoms with van der Waals surface area (Å²) in [4.78, 5) is 0. The Morgan fingerprint density at radius 1 is 1.14 bits per heavy atom. The molecule has 0 unspecified atom stereocenters. The van der Waals surface area contributed by atoms with E-state index < -0.39 is 0 Å². The van der Waals surface area contributed by atoms with E-state index in [2.05, 4.69) is 51.2 Å². The molecular formula is C18H29NO2. The maximum Gasteiger partial charge on any atom is 0.161 e. The van der Waals surface area contributed by atoms with Crippen LogP contribution in [0.1, 0.15) is 46.1 Å². The van der Waals surface area contributed by atoms with Crippen molar-refractivity contribution in [1.82, 2.24) is 5.32 Å². The number of rotatable bonds is 6. The van der Waals surface area contributed by atoms with Gasteiger partial charge in [0.2, 0.25) is 0 Å². The molecule has 3 nitrogen and oxygen atoms in total. The van der Waals surface area contributed by atoms with Gasteiger partial charge in [-0.05, 0) is 48.5 Å². The summed E-state index contributed by atoms with van der Waals surface area (Å²) in [5.41, 5.74) is 1.45. The Balaban J connectivity index is 2.00. The average molecular weight is 291 g/mol. The lowest BCUT2D eigenvalue weighted by molar-refractivity contribution is 0.296. The van der Waals surface area contributed by atoms with Gasteiger partial charge < -0.3 is 14.8 Å². The first-order valence-corrected chi connectivity index (χ1v) is 8.10. The zero-order valence-corrected chi connectivity index (χ0v) is 13.9. The zero-order chi connectivity index (χ0) is 15.3. The molecule has 0 spiro atoms. The van der Waals surface area contributed by atoms with Crippen molar-refractivity contribution in [2.45, 2.75) is 46.0 Å². The predicted octanol–water partition coefficient (Wildman–Crippen LogP) is 3.76. The molecule has 0 radical (unpaired) electrons. The van der Waals surface area contributed by atoms with Crippen LogP contribution in [-0.4, -0.2) is 26.3 Å². The maximum atomic E-state index is 5.80. The summed E-state index contributed by atoms with van der Waals surface area (Å²) in [6, 6.07) is 6.39. The van der Waals surface area contributed by atoms with E-state index in [1.807, 2.05) is 0 Å². The number of fused-ring (bicyclic) bond motifs is 1. The molecule has 1 N–H and O–H groups in total. The van der Waals surface area contributed by atoms with Crippen LogP contribution in [0, 0.1) is 5.92 Å². The Kier molecular flexibility index (Phi) is 5.51. The molecule has 1 aromatic rings. The highest BCUT2D eigenvalue weighted by atomic mass is 16.5. The van der Waals surface area contributed by atoms with Crippen molar-refractivity contribution >= 4 is 0 Å². The van der Waals surface area contributed by atoms with Crippen LogP contribution in [0.2, 0.25) is 0 Å². The van der Waals surface area contributed by atoms with Gasteiger partial charge in [0.15, 0.2) is 11.5 Å². The third-order valence-corrected chi connectivity index (χ3v) is 4.01. The molecule has 118 valence electrons. The summed E-state index contributed by atoms with van der Waals surface area (Å²) in [6.45, 7) is 12.7. The number of hydrogen-bond acceptors (Lipinski definition) is 3. The maximum absolute atomic E-state index is 5.80. The molecule has 3 heteroatoms. The minimum atomic E-state index is 0.134. The average Bonchev–Trinajstić information content (AvgIpc) is 2.67. The second-order valence-corrected chi connectivity index (χ2v) is 6.94. The van der Waals surface area contributed by atoms with Gasteiger partial charge in [-0.2, -0.15) is 0 Å². The van der Waals surface area contributed by atoms with E-state index in [9.17, 15) is 0 Å². The highest BCUT2D eigenvalue weighted by Gasteiger charge is 2.22. The smallest absolute Gasteiger partial charge is 0.161 e. The van der Waals surface area contributed by atoms with Crippen molar-refractivity contribution in [2.75, 3.05) is 26.3 Å². The van der Waals surface area contributed by atoms with E-state index in [1.165, 1.54) is 5.56 Å². The standard InChI is InChI=1S/C18H29NO2/c1-14(2)13-19-9-8-18(3,4)15-6-7-16-17(12-15)21-11-5-10-20-16/h6-7,12,14,19H,5,8-11,13H2,1-4H3. The van der Waals surface area contributed by atoms with E-state index in [-0.39, 0.29) is 5.41 Å². The van der Waals surface area contributed by atoms with Gasteiger partial charge in [0, 0.05) is 6.42 Å². The monoisotopic (exact) mass is 291 g/mol. The fourth-order valence-electron chi connectivity index (χ4n) is 2.52. The molecule has 1 aliphatic heterocycles. The highest BCUT2D eigenvalue weighted by Crippen LogP contribution is 2.36. The fraction of sp³-hybridized carbons (Fsp3) is 0.667. The van der Waals surface area contributed by atoms with Crippen LogP contribution in [0.25, 0.3) is 0 Å². The van der Waals surface area contributed by atoms with Gasteiger partial charge in [0.05, 0.1) is 13.2 Å². The molecule has 1 aliphatic rings. The third-order valence-electron chi connectivity index (χ3n) is 4.01. The van der Waals surface area contributed by atoms with Gasteiger partial charge in [0.25, 0.3) is 0 Å². The first-order valence-electron chi connectivity index (χ1n) is 8.10. The lowest BCUT2D eigenvalue weighted by Gasteiger charge is -2.26. The van der Waals surface area contributed by atoms with E-state index in [0.29, 0.717) is 5.92 Å². The topological polar surface area (TPSA) is 30.5 Å². The van der Waals surface area contributed by atoms with Crippen molar-refractivity contribution in [3.63, 3.8) is 0 Å². The van der Waals surface area contributed by atoms with Crippen LogP contribution >= 0.6 is 0 Å². The molecule has 0 bridgehead atoms. The van der Waals surface area contributed by atoms with Crippen molar-refractivity contribution < 1.29 is 9.47 Å². The summed E-state index contributed by atoms with van der Waals surface area (Å²) >= 11 is 0. The van der Waals surface area contributed by atoms with Crippen LogP contribution in [0.15, 0.2) is 18.2 Å². The van der Waals surface area contributed by atoms with Crippen molar-refractivity contribution in [1.29, 1.82) is 0 Å². The largest absolute Gasteiger partial charge is 0.490 e. The number of benzene rings is 1. The molecule has 1 heterocycles. The second kappa shape index (κ2) is 7.17. The van der Waals surface area contributed by atoms with Crippen LogP contribution in [-0.2, 0) is 5.41 Å². The quantitative estimate of drug-likeness (QED) is 0.810. The Bertz CT molecular complexity index is 455. The summed E-state index contributed by atoms with van der Waals surface area (Å²) in [7, 11) is 0. The highest BCUT2D eigenvalue weighted by molar-refractivity contribution is 5.45. The first-order chi connectivity index (χ1) is 9.99. The van der Waals surface area contributed by atoms with Gasteiger partial charge >= 0.3 is 0 Å². The van der Waals surface area contributed by atoms with E-state index in [1.54, 1.807) is 0 Å². The summed E-state index contributed by atoms with van der Waals surface area (Å²) in [5, 5.41) is 3.53. The van der Waals surface area contributed by atoms with Crippen LogP contribution in [0.4, 0.5) is 0 Å². The van der Waals surface area contributed by atoms with Gasteiger partial charge in [-0.3, -0.25) is 0 Å². The lowest BCUT2D eigenvalue weighted by atomic mass is 9.81. The molecule has 1 aromatic carbocycles. The molecule has 21 heavy (non-hydrogen) atoms. The van der Waals surface area contributed by atoms with E-state index >= 15 is 0 Å². The first kappa shape index (κ1) is 16.2. The number of nitrogens with one attached hydrogen (secondary N) is 1. The van der Waals surface area contributed by atoms with Crippen LogP contribution in [0.5, 0.6) is 11.5 Å². The van der Waals surface area contributed by atoms with Gasteiger partial charge in [-0.25, -0.2) is 0 Å². The summed E-state index contributed by atoms with van der Waals surface area (Å²) in [6.07, 6.45) is 2.06. The Hall–Kier alpha value is -1.22. The molecule has 0 aromatic heterocycles. The van der Waals surface area contributed by atoms with Gasteiger partial charge in [-0.15, -0.1) is 0 Å². The van der Waals surface area contributed by atoms with E-state index in [0.717, 1.165) is 50.6 Å². The molecule has 0 saturated carbocycles. The molecule has 0 fully saturated rings. The van der Waals surface area contributed by atoms with Crippen molar-refractivity contribution in [3.05, 3.63) is 23.8 Å². The molecular weight excluding hydrogens is 262 g/mol. The Morgan fingerprint density at radius 2 is 1.86 bits per heavy atom. The molecule has 0 aliphatic carbocycles. The second-order valence-electron chi connectivity index (χ2n) is 6.94. The minimum Gasteiger partial charge on any atom is -0.490 e. The lowest BCUT2D eigenvalue weighted by Crippen LogP contribution is -2.27. The van der Waals surface area contributed by atoms with Gasteiger partial charge in [0.1, 0.15) is 0 Å². The minimum absolute atomic E-state index is 0.134. The van der Waals surface area contributed by atoms with E-state index in [4.69, 9.17) is 9.47 Å². The molecule has 2 rings (SSSR count). The SMILES string of the molecule is CC(C)CNCCC(C)(C)c1ccc2c(c1)OCCCO2. The summed E-state index contributed by atoms with van der Waals surface area (Å²) < 4.78 is 11.5. The summed E-state index contributed by atoms with van der Waals surface area (Å²) in [5.74, 6) is 2.48. The number of hydrogen-bond donors (Lipinski definition) is 1. The van der Waals surface area contributed by atoms with Crippen molar-refractivity contribution in [3.8, 4) is 11.5 Å². The van der Waals surface area contributed by atoms with Crippen molar-refractivity contribution in [2.24, 2.45) is 5.92 Å². The predicted molar refractivity (Wildman–Crippen MR) is 87.4 cm³/mol. The van der Waals surface area contributed by atoms with Gasteiger partial charge in [-0.1, -0.05) is 33.8 Å². The zero-order valence-electron chi connectivity index (χ0n) is 13.9. The molecule has 0 amide bonds. The normalized spacial score (nSPS) is 15.1. The Labute approximate surface area is 129 Å². The Morgan fingerprint density at radius 3 is 2.57 bits per heavy atom. The van der Waals surface area contributed by atoms with Crippen LogP contribution in [0.3, 0.4) is 0 Å². The third kappa shape index (κ3) is 4.63. The number of ether oxygens (including phenoxy) is 2.